The zero-order valence-corrected chi connectivity index (χ0v) is 11.3. The Morgan fingerprint density at radius 3 is 2.70 bits per heavy atom. The summed E-state index contributed by atoms with van der Waals surface area (Å²) < 4.78 is 5.38. The van der Waals surface area contributed by atoms with Gasteiger partial charge in [0.1, 0.15) is 5.75 Å². The predicted octanol–water partition coefficient (Wildman–Crippen LogP) is 2.89. The van der Waals surface area contributed by atoms with Gasteiger partial charge in [-0.05, 0) is 30.5 Å². The third kappa shape index (κ3) is 3.57. The first-order chi connectivity index (χ1) is 9.70. The summed E-state index contributed by atoms with van der Waals surface area (Å²) in [6, 6.07) is 11.1. The Bertz CT molecular complexity index is 569. The molecule has 0 spiro atoms. The van der Waals surface area contributed by atoms with Crippen LogP contribution in [0.15, 0.2) is 48.8 Å². The number of carboxylic acids is 1. The number of hydrogen-bond donors (Lipinski definition) is 1. The van der Waals surface area contributed by atoms with Crippen LogP contribution in [-0.4, -0.2) is 22.7 Å². The first kappa shape index (κ1) is 14.1. The van der Waals surface area contributed by atoms with Gasteiger partial charge < -0.3 is 9.84 Å². The molecule has 1 heterocycles. The van der Waals surface area contributed by atoms with Gasteiger partial charge in [0, 0.05) is 6.20 Å². The van der Waals surface area contributed by atoms with Gasteiger partial charge in [0.2, 0.25) is 0 Å². The van der Waals surface area contributed by atoms with Crippen molar-refractivity contribution in [1.82, 2.24) is 4.98 Å². The van der Waals surface area contributed by atoms with E-state index in [2.05, 4.69) is 4.98 Å². The van der Waals surface area contributed by atoms with Crippen LogP contribution in [0.3, 0.4) is 0 Å². The maximum absolute atomic E-state index is 11.5. The normalized spacial score (nSPS) is 11.8. The number of nitrogens with zero attached hydrogens (tertiary/aromatic N) is 1. The molecule has 4 heteroatoms. The smallest absolute Gasteiger partial charge is 0.311 e. The number of carbonyl (C=O) groups is 1. The van der Waals surface area contributed by atoms with Gasteiger partial charge in [-0.3, -0.25) is 9.78 Å². The fourth-order valence-electron chi connectivity index (χ4n) is 2.09. The van der Waals surface area contributed by atoms with E-state index in [-0.39, 0.29) is 0 Å². The molecule has 0 aliphatic heterocycles. The molecule has 0 aliphatic carbocycles. The van der Waals surface area contributed by atoms with E-state index in [0.29, 0.717) is 18.8 Å². The summed E-state index contributed by atoms with van der Waals surface area (Å²) in [6.45, 7) is 2.46. The van der Waals surface area contributed by atoms with Crippen LogP contribution in [0, 0.1) is 0 Å². The van der Waals surface area contributed by atoms with Crippen molar-refractivity contribution >= 4 is 5.97 Å². The van der Waals surface area contributed by atoms with E-state index in [1.807, 2.05) is 43.3 Å². The molecule has 0 saturated carbocycles. The highest BCUT2D eigenvalue weighted by Crippen LogP contribution is 2.22. The van der Waals surface area contributed by atoms with Crippen LogP contribution in [-0.2, 0) is 11.2 Å². The Hall–Kier alpha value is -2.36. The fraction of sp³-hybridized carbons (Fsp3) is 0.250. The Balaban J connectivity index is 2.21. The summed E-state index contributed by atoms with van der Waals surface area (Å²) in [5.74, 6) is -0.741. The lowest BCUT2D eigenvalue weighted by molar-refractivity contribution is -0.138. The van der Waals surface area contributed by atoms with Gasteiger partial charge in [0.25, 0.3) is 0 Å². The van der Waals surface area contributed by atoms with E-state index in [4.69, 9.17) is 4.74 Å². The van der Waals surface area contributed by atoms with E-state index < -0.39 is 11.9 Å². The largest absolute Gasteiger partial charge is 0.492 e. The molecule has 2 aromatic rings. The molecule has 1 aromatic heterocycles. The number of ether oxygens (including phenoxy) is 1. The maximum Gasteiger partial charge on any atom is 0.311 e. The Morgan fingerprint density at radius 2 is 2.05 bits per heavy atom. The molecule has 20 heavy (non-hydrogen) atoms. The molecule has 0 aliphatic rings. The number of aromatic nitrogens is 1. The molecule has 0 fully saturated rings. The molecule has 0 bridgehead atoms. The zero-order valence-electron chi connectivity index (χ0n) is 11.3. The van der Waals surface area contributed by atoms with Crippen molar-refractivity contribution in [3.8, 4) is 5.75 Å². The topological polar surface area (TPSA) is 59.4 Å². The van der Waals surface area contributed by atoms with Gasteiger partial charge in [-0.2, -0.15) is 0 Å². The standard InChI is InChI=1S/C16H17NO3/c1-2-20-14-8-12(10-17-11-14)9-15(16(18)19)13-6-4-3-5-7-13/h3-8,10-11,15H,2,9H2,1H3,(H,18,19). The van der Waals surface area contributed by atoms with E-state index in [0.717, 1.165) is 11.1 Å². The number of hydrogen-bond acceptors (Lipinski definition) is 3. The van der Waals surface area contributed by atoms with Crippen molar-refractivity contribution in [2.45, 2.75) is 19.3 Å². The predicted molar refractivity (Wildman–Crippen MR) is 75.9 cm³/mol. The quantitative estimate of drug-likeness (QED) is 0.877. The zero-order chi connectivity index (χ0) is 14.4. The number of rotatable bonds is 6. The molecule has 0 amide bonds. The Kier molecular flexibility index (Phi) is 4.71. The third-order valence-electron chi connectivity index (χ3n) is 3.02. The molecule has 1 unspecified atom stereocenters. The molecule has 0 saturated heterocycles. The molecule has 1 N–H and O–H groups in total. The summed E-state index contributed by atoms with van der Waals surface area (Å²) in [5.41, 5.74) is 1.65. The number of pyridine rings is 1. The van der Waals surface area contributed by atoms with E-state index >= 15 is 0 Å². The SMILES string of the molecule is CCOc1cncc(CC(C(=O)O)c2ccccc2)c1. The summed E-state index contributed by atoms with van der Waals surface area (Å²) in [4.78, 5) is 15.6. The Morgan fingerprint density at radius 1 is 1.30 bits per heavy atom. The lowest BCUT2D eigenvalue weighted by atomic mass is 9.93. The number of carboxylic acid groups (broad SMARTS) is 1. The van der Waals surface area contributed by atoms with Gasteiger partial charge in [0.05, 0.1) is 18.7 Å². The maximum atomic E-state index is 11.5. The minimum Gasteiger partial charge on any atom is -0.492 e. The van der Waals surface area contributed by atoms with Crippen molar-refractivity contribution in [2.75, 3.05) is 6.61 Å². The third-order valence-corrected chi connectivity index (χ3v) is 3.02. The lowest BCUT2D eigenvalue weighted by Crippen LogP contribution is -2.14. The molecule has 1 aromatic carbocycles. The van der Waals surface area contributed by atoms with Crippen LogP contribution in [0.2, 0.25) is 0 Å². The second-order valence-corrected chi connectivity index (χ2v) is 4.47. The molecule has 104 valence electrons. The average molecular weight is 271 g/mol. The highest BCUT2D eigenvalue weighted by Gasteiger charge is 2.20. The first-order valence-corrected chi connectivity index (χ1v) is 6.55. The highest BCUT2D eigenvalue weighted by molar-refractivity contribution is 5.76. The second kappa shape index (κ2) is 6.70. The van der Waals surface area contributed by atoms with Gasteiger partial charge >= 0.3 is 5.97 Å². The molecule has 0 radical (unpaired) electrons. The second-order valence-electron chi connectivity index (χ2n) is 4.47. The van der Waals surface area contributed by atoms with Crippen molar-refractivity contribution < 1.29 is 14.6 Å². The van der Waals surface area contributed by atoms with Crippen molar-refractivity contribution in [1.29, 1.82) is 0 Å². The molecular formula is C16H17NO3. The van der Waals surface area contributed by atoms with Crippen LogP contribution in [0.1, 0.15) is 24.0 Å². The average Bonchev–Trinajstić information content (AvgIpc) is 2.46. The van der Waals surface area contributed by atoms with Crippen molar-refractivity contribution in [2.24, 2.45) is 0 Å². The van der Waals surface area contributed by atoms with Crippen molar-refractivity contribution in [3.63, 3.8) is 0 Å². The molecular weight excluding hydrogens is 254 g/mol. The summed E-state index contributed by atoms with van der Waals surface area (Å²) >= 11 is 0. The number of benzene rings is 1. The summed E-state index contributed by atoms with van der Waals surface area (Å²) in [6.07, 6.45) is 3.71. The van der Waals surface area contributed by atoms with Gasteiger partial charge in [-0.25, -0.2) is 0 Å². The van der Waals surface area contributed by atoms with Gasteiger partial charge in [-0.15, -0.1) is 0 Å². The van der Waals surface area contributed by atoms with Crippen LogP contribution >= 0.6 is 0 Å². The number of aliphatic carboxylic acids is 1. The van der Waals surface area contributed by atoms with Crippen molar-refractivity contribution in [3.05, 3.63) is 59.9 Å². The minimum atomic E-state index is -0.835. The molecule has 1 atom stereocenters. The fourth-order valence-corrected chi connectivity index (χ4v) is 2.09. The van der Waals surface area contributed by atoms with Gasteiger partial charge in [0.15, 0.2) is 0 Å². The molecule has 4 nitrogen and oxygen atoms in total. The van der Waals surface area contributed by atoms with Crippen LogP contribution in [0.25, 0.3) is 0 Å². The lowest BCUT2D eigenvalue weighted by Gasteiger charge is -2.13. The monoisotopic (exact) mass is 271 g/mol. The van der Waals surface area contributed by atoms with Crippen LogP contribution < -0.4 is 4.74 Å². The van der Waals surface area contributed by atoms with Crippen LogP contribution in [0.4, 0.5) is 0 Å². The molecule has 2 rings (SSSR count). The Labute approximate surface area is 118 Å². The van der Waals surface area contributed by atoms with E-state index in [9.17, 15) is 9.90 Å². The van der Waals surface area contributed by atoms with E-state index in [1.54, 1.807) is 12.4 Å². The summed E-state index contributed by atoms with van der Waals surface area (Å²) in [7, 11) is 0. The van der Waals surface area contributed by atoms with E-state index in [1.165, 1.54) is 0 Å². The summed E-state index contributed by atoms with van der Waals surface area (Å²) in [5, 5.41) is 9.41. The highest BCUT2D eigenvalue weighted by atomic mass is 16.5. The van der Waals surface area contributed by atoms with Gasteiger partial charge in [-0.1, -0.05) is 30.3 Å². The van der Waals surface area contributed by atoms with Crippen LogP contribution in [0.5, 0.6) is 5.75 Å². The first-order valence-electron chi connectivity index (χ1n) is 6.55. The minimum absolute atomic E-state index is 0.396.